The topological polar surface area (TPSA) is 44.8 Å². The average molecular weight is 238 g/mol. The van der Waals surface area contributed by atoms with Gasteiger partial charge in [-0.05, 0) is 17.7 Å². The number of anilines is 1. The molecule has 0 saturated heterocycles. The number of aromatic amines is 1. The maximum absolute atomic E-state index is 4.36. The van der Waals surface area contributed by atoms with Crippen LogP contribution >= 0.6 is 0 Å². The molecule has 4 nitrogen and oxygen atoms in total. The number of nitrogens with one attached hydrogen (secondary N) is 1. The second-order valence-corrected chi connectivity index (χ2v) is 4.43. The van der Waals surface area contributed by atoms with E-state index in [9.17, 15) is 0 Å². The Bertz CT molecular complexity index is 685. The third-order valence-electron chi connectivity index (χ3n) is 3.00. The van der Waals surface area contributed by atoms with Crippen LogP contribution < -0.4 is 4.90 Å². The van der Waals surface area contributed by atoms with E-state index in [2.05, 4.69) is 44.1 Å². The van der Waals surface area contributed by atoms with Crippen LogP contribution in [0.15, 0.2) is 43.0 Å². The molecule has 4 heteroatoms. The van der Waals surface area contributed by atoms with E-state index in [0.717, 1.165) is 22.2 Å². The molecule has 0 saturated carbocycles. The van der Waals surface area contributed by atoms with Gasteiger partial charge in [0.25, 0.3) is 0 Å². The van der Waals surface area contributed by atoms with Crippen LogP contribution in [0.1, 0.15) is 0 Å². The maximum atomic E-state index is 4.36. The summed E-state index contributed by atoms with van der Waals surface area (Å²) in [5.41, 5.74) is 5.27. The maximum Gasteiger partial charge on any atom is 0.0992 e. The number of imidazole rings is 1. The largest absolute Gasteiger partial charge is 0.378 e. The minimum Gasteiger partial charge on any atom is -0.378 e. The zero-order valence-corrected chi connectivity index (χ0v) is 10.4. The quantitative estimate of drug-likeness (QED) is 0.746. The zero-order valence-electron chi connectivity index (χ0n) is 10.4. The van der Waals surface area contributed by atoms with E-state index in [1.165, 1.54) is 5.69 Å². The number of H-pyrrole nitrogens is 1. The van der Waals surface area contributed by atoms with Gasteiger partial charge in [0, 0.05) is 31.5 Å². The number of pyridine rings is 1. The molecule has 0 unspecified atom stereocenters. The standard InChI is InChI=1S/C14H14N4/c1-18(2)11-5-3-4-10(6-11)12-7-15-8-13-14(12)17-9-16-13/h3-9H,1-2H3,(H,16,17). The van der Waals surface area contributed by atoms with Gasteiger partial charge in [0.2, 0.25) is 0 Å². The Hall–Kier alpha value is -2.36. The molecule has 0 spiro atoms. The SMILES string of the molecule is CN(C)c1cccc(-c2cncc3[nH]cnc23)c1. The molecule has 90 valence electrons. The second-order valence-electron chi connectivity index (χ2n) is 4.43. The smallest absolute Gasteiger partial charge is 0.0992 e. The predicted molar refractivity (Wildman–Crippen MR) is 73.7 cm³/mol. The molecule has 18 heavy (non-hydrogen) atoms. The Morgan fingerprint density at radius 1 is 1.17 bits per heavy atom. The highest BCUT2D eigenvalue weighted by Crippen LogP contribution is 2.27. The van der Waals surface area contributed by atoms with E-state index < -0.39 is 0 Å². The van der Waals surface area contributed by atoms with Gasteiger partial charge >= 0.3 is 0 Å². The lowest BCUT2D eigenvalue weighted by Gasteiger charge is -2.13. The van der Waals surface area contributed by atoms with Crippen LogP contribution in [0.4, 0.5) is 5.69 Å². The molecule has 0 aliphatic heterocycles. The molecule has 0 radical (unpaired) electrons. The number of fused-ring (bicyclic) bond motifs is 1. The first-order valence-electron chi connectivity index (χ1n) is 5.80. The van der Waals surface area contributed by atoms with Gasteiger partial charge in [0.05, 0.1) is 23.6 Å². The summed E-state index contributed by atoms with van der Waals surface area (Å²) in [5.74, 6) is 0. The van der Waals surface area contributed by atoms with Gasteiger partial charge in [0.15, 0.2) is 0 Å². The van der Waals surface area contributed by atoms with Crippen LogP contribution in [-0.4, -0.2) is 29.0 Å². The Balaban J connectivity index is 2.20. The normalized spacial score (nSPS) is 10.8. The first-order chi connectivity index (χ1) is 8.75. The molecule has 0 fully saturated rings. The molecule has 0 aliphatic rings. The Morgan fingerprint density at radius 3 is 2.89 bits per heavy atom. The zero-order chi connectivity index (χ0) is 12.5. The summed E-state index contributed by atoms with van der Waals surface area (Å²) in [6.45, 7) is 0. The minimum atomic E-state index is 0.959. The van der Waals surface area contributed by atoms with E-state index >= 15 is 0 Å². The summed E-state index contributed by atoms with van der Waals surface area (Å²) >= 11 is 0. The van der Waals surface area contributed by atoms with E-state index in [0.29, 0.717) is 0 Å². The van der Waals surface area contributed by atoms with E-state index in [1.807, 2.05) is 20.3 Å². The summed E-state index contributed by atoms with van der Waals surface area (Å²) in [5, 5.41) is 0. The third-order valence-corrected chi connectivity index (χ3v) is 3.00. The number of hydrogen-bond acceptors (Lipinski definition) is 3. The highest BCUT2D eigenvalue weighted by atomic mass is 15.1. The van der Waals surface area contributed by atoms with Crippen molar-refractivity contribution in [1.82, 2.24) is 15.0 Å². The van der Waals surface area contributed by atoms with Crippen molar-refractivity contribution in [2.45, 2.75) is 0 Å². The van der Waals surface area contributed by atoms with E-state index in [4.69, 9.17) is 0 Å². The lowest BCUT2D eigenvalue weighted by molar-refractivity contribution is 1.13. The molecular weight excluding hydrogens is 224 g/mol. The highest BCUT2D eigenvalue weighted by Gasteiger charge is 2.07. The molecule has 1 N–H and O–H groups in total. The second kappa shape index (κ2) is 4.14. The Labute approximate surface area is 105 Å². The third kappa shape index (κ3) is 1.72. The van der Waals surface area contributed by atoms with Gasteiger partial charge in [0.1, 0.15) is 0 Å². The summed E-state index contributed by atoms with van der Waals surface area (Å²) in [7, 11) is 4.07. The molecule has 3 rings (SSSR count). The van der Waals surface area contributed by atoms with Crippen molar-refractivity contribution < 1.29 is 0 Å². The lowest BCUT2D eigenvalue weighted by Crippen LogP contribution is -2.08. The van der Waals surface area contributed by atoms with Crippen LogP contribution in [0.2, 0.25) is 0 Å². The Morgan fingerprint density at radius 2 is 2.06 bits per heavy atom. The van der Waals surface area contributed by atoms with Gasteiger partial charge in [-0.1, -0.05) is 12.1 Å². The van der Waals surface area contributed by atoms with Crippen LogP contribution in [0.25, 0.3) is 22.2 Å². The predicted octanol–water partition coefficient (Wildman–Crippen LogP) is 2.69. The fourth-order valence-corrected chi connectivity index (χ4v) is 2.03. The van der Waals surface area contributed by atoms with Crippen LogP contribution in [0, 0.1) is 0 Å². The lowest BCUT2D eigenvalue weighted by atomic mass is 10.1. The fraction of sp³-hybridized carbons (Fsp3) is 0.143. The number of rotatable bonds is 2. The van der Waals surface area contributed by atoms with Crippen molar-refractivity contribution in [3.63, 3.8) is 0 Å². The van der Waals surface area contributed by atoms with Gasteiger partial charge in [-0.25, -0.2) is 4.98 Å². The highest BCUT2D eigenvalue weighted by molar-refractivity contribution is 5.91. The first kappa shape index (κ1) is 10.8. The van der Waals surface area contributed by atoms with Gasteiger partial charge in [-0.15, -0.1) is 0 Å². The number of hydrogen-bond donors (Lipinski definition) is 1. The Kier molecular flexibility index (Phi) is 2.48. The molecule has 0 aliphatic carbocycles. The molecule has 0 bridgehead atoms. The summed E-state index contributed by atoms with van der Waals surface area (Å²) in [4.78, 5) is 13.8. The molecule has 3 aromatic rings. The molecular formula is C14H14N4. The average Bonchev–Trinajstić information content (AvgIpc) is 2.87. The van der Waals surface area contributed by atoms with Crippen LogP contribution in [0.3, 0.4) is 0 Å². The number of nitrogens with zero attached hydrogens (tertiary/aromatic N) is 3. The van der Waals surface area contributed by atoms with Crippen molar-refractivity contribution in [3.05, 3.63) is 43.0 Å². The fourth-order valence-electron chi connectivity index (χ4n) is 2.03. The van der Waals surface area contributed by atoms with Crippen LogP contribution in [-0.2, 0) is 0 Å². The summed E-state index contributed by atoms with van der Waals surface area (Å²) in [6, 6.07) is 8.36. The summed E-state index contributed by atoms with van der Waals surface area (Å²) in [6.07, 6.45) is 5.35. The molecule has 2 heterocycles. The van der Waals surface area contributed by atoms with Crippen molar-refractivity contribution >= 4 is 16.7 Å². The minimum absolute atomic E-state index is 0.959. The molecule has 1 aromatic carbocycles. The van der Waals surface area contributed by atoms with Gasteiger partial charge < -0.3 is 9.88 Å². The van der Waals surface area contributed by atoms with Gasteiger partial charge in [-0.3, -0.25) is 4.98 Å². The number of aromatic nitrogens is 3. The monoisotopic (exact) mass is 238 g/mol. The first-order valence-corrected chi connectivity index (χ1v) is 5.80. The number of benzene rings is 1. The molecule has 2 aromatic heterocycles. The van der Waals surface area contributed by atoms with Crippen molar-refractivity contribution in [3.8, 4) is 11.1 Å². The summed E-state index contributed by atoms with van der Waals surface area (Å²) < 4.78 is 0. The molecule has 0 amide bonds. The van der Waals surface area contributed by atoms with Crippen molar-refractivity contribution in [2.75, 3.05) is 19.0 Å². The molecule has 0 atom stereocenters. The van der Waals surface area contributed by atoms with E-state index in [1.54, 1.807) is 12.5 Å². The van der Waals surface area contributed by atoms with E-state index in [-0.39, 0.29) is 0 Å². The van der Waals surface area contributed by atoms with Crippen molar-refractivity contribution in [1.29, 1.82) is 0 Å². The van der Waals surface area contributed by atoms with Gasteiger partial charge in [-0.2, -0.15) is 0 Å². The van der Waals surface area contributed by atoms with Crippen molar-refractivity contribution in [2.24, 2.45) is 0 Å². The van der Waals surface area contributed by atoms with Crippen LogP contribution in [0.5, 0.6) is 0 Å².